The third-order valence-corrected chi connectivity index (χ3v) is 3.09. The summed E-state index contributed by atoms with van der Waals surface area (Å²) in [5.74, 6) is 0.463. The van der Waals surface area contributed by atoms with Crippen LogP contribution in [0.2, 0.25) is 5.02 Å². The number of H-pyrrole nitrogens is 1. The van der Waals surface area contributed by atoms with Gasteiger partial charge >= 0.3 is 0 Å². The van der Waals surface area contributed by atoms with Gasteiger partial charge in [-0.1, -0.05) is 11.6 Å². The molecule has 2 aromatic rings. The SMILES string of the molecule is O=C(Nc1cc2c(cc1Cl)OCO2)c1c[nH]ccc1=O. The van der Waals surface area contributed by atoms with E-state index >= 15 is 0 Å². The number of carbonyl (C=O) groups excluding carboxylic acids is 1. The summed E-state index contributed by atoms with van der Waals surface area (Å²) in [7, 11) is 0. The van der Waals surface area contributed by atoms with Crippen LogP contribution in [0.25, 0.3) is 0 Å². The number of fused-ring (bicyclic) bond motifs is 1. The third-order valence-electron chi connectivity index (χ3n) is 2.78. The monoisotopic (exact) mass is 292 g/mol. The van der Waals surface area contributed by atoms with Gasteiger partial charge in [-0.2, -0.15) is 0 Å². The molecule has 1 aromatic heterocycles. The Bertz CT molecular complexity index is 741. The zero-order chi connectivity index (χ0) is 14.1. The molecular formula is C13H9ClN2O4. The smallest absolute Gasteiger partial charge is 0.261 e. The summed E-state index contributed by atoms with van der Waals surface area (Å²) < 4.78 is 10.4. The van der Waals surface area contributed by atoms with Crippen LogP contribution < -0.4 is 20.2 Å². The maximum atomic E-state index is 12.0. The minimum absolute atomic E-state index is 0.00114. The first-order valence-corrected chi connectivity index (χ1v) is 6.10. The molecule has 102 valence electrons. The summed E-state index contributed by atoms with van der Waals surface area (Å²) >= 11 is 6.04. The second-order valence-electron chi connectivity index (χ2n) is 4.06. The lowest BCUT2D eigenvalue weighted by Gasteiger charge is -2.08. The molecule has 0 unspecified atom stereocenters. The Hall–Kier alpha value is -2.47. The minimum Gasteiger partial charge on any atom is -0.454 e. The van der Waals surface area contributed by atoms with E-state index in [-0.39, 0.29) is 17.8 Å². The van der Waals surface area contributed by atoms with Crippen molar-refractivity contribution in [2.45, 2.75) is 0 Å². The lowest BCUT2D eigenvalue weighted by atomic mass is 10.2. The number of benzene rings is 1. The summed E-state index contributed by atoms with van der Waals surface area (Å²) in [5, 5.41) is 2.87. The number of hydrogen-bond acceptors (Lipinski definition) is 4. The zero-order valence-corrected chi connectivity index (χ0v) is 10.9. The van der Waals surface area contributed by atoms with Gasteiger partial charge in [-0.05, 0) is 0 Å². The second kappa shape index (κ2) is 4.90. The molecule has 0 aliphatic carbocycles. The first-order valence-electron chi connectivity index (χ1n) is 5.73. The molecule has 0 fully saturated rings. The molecule has 0 spiro atoms. The van der Waals surface area contributed by atoms with Gasteiger partial charge in [-0.15, -0.1) is 0 Å². The average molecular weight is 293 g/mol. The van der Waals surface area contributed by atoms with Crippen LogP contribution in [0.5, 0.6) is 11.5 Å². The number of hydrogen-bond donors (Lipinski definition) is 2. The summed E-state index contributed by atoms with van der Waals surface area (Å²) in [6, 6.07) is 4.38. The van der Waals surface area contributed by atoms with Gasteiger partial charge in [0.25, 0.3) is 5.91 Å². The predicted octanol–water partition coefficient (Wildman–Crippen LogP) is 2.01. The van der Waals surface area contributed by atoms with E-state index < -0.39 is 5.91 Å². The van der Waals surface area contributed by atoms with E-state index in [0.29, 0.717) is 22.2 Å². The van der Waals surface area contributed by atoms with Crippen molar-refractivity contribution in [3.63, 3.8) is 0 Å². The van der Waals surface area contributed by atoms with Crippen LogP contribution in [0, 0.1) is 0 Å². The Kier molecular flexibility index (Phi) is 3.08. The molecule has 2 heterocycles. The Balaban J connectivity index is 1.90. The van der Waals surface area contributed by atoms with Crippen LogP contribution in [0.4, 0.5) is 5.69 Å². The highest BCUT2D eigenvalue weighted by atomic mass is 35.5. The van der Waals surface area contributed by atoms with E-state index in [4.69, 9.17) is 21.1 Å². The number of pyridine rings is 1. The van der Waals surface area contributed by atoms with Gasteiger partial charge in [0.1, 0.15) is 5.56 Å². The van der Waals surface area contributed by atoms with E-state index in [2.05, 4.69) is 10.3 Å². The van der Waals surface area contributed by atoms with Gasteiger partial charge < -0.3 is 19.8 Å². The maximum Gasteiger partial charge on any atom is 0.261 e. The number of aromatic nitrogens is 1. The highest BCUT2D eigenvalue weighted by molar-refractivity contribution is 6.34. The quantitative estimate of drug-likeness (QED) is 0.887. The van der Waals surface area contributed by atoms with Gasteiger partial charge in [0.15, 0.2) is 16.9 Å². The van der Waals surface area contributed by atoms with Crippen molar-refractivity contribution < 1.29 is 14.3 Å². The fourth-order valence-corrected chi connectivity index (χ4v) is 2.00. The van der Waals surface area contributed by atoms with Gasteiger partial charge in [-0.3, -0.25) is 9.59 Å². The number of aromatic amines is 1. The normalized spacial score (nSPS) is 12.2. The van der Waals surface area contributed by atoms with Crippen molar-refractivity contribution >= 4 is 23.2 Å². The van der Waals surface area contributed by atoms with E-state index in [0.717, 1.165) is 0 Å². The molecule has 20 heavy (non-hydrogen) atoms. The summed E-state index contributed by atoms with van der Waals surface area (Å²) in [6.07, 6.45) is 2.78. The summed E-state index contributed by atoms with van der Waals surface area (Å²) in [5.41, 5.74) is -0.0245. The first kappa shape index (κ1) is 12.6. The van der Waals surface area contributed by atoms with E-state index in [9.17, 15) is 9.59 Å². The fourth-order valence-electron chi connectivity index (χ4n) is 1.80. The number of nitrogens with one attached hydrogen (secondary N) is 2. The fraction of sp³-hybridized carbons (Fsp3) is 0.0769. The molecule has 1 aliphatic heterocycles. The Morgan fingerprint density at radius 3 is 2.80 bits per heavy atom. The van der Waals surface area contributed by atoms with Crippen molar-refractivity contribution in [1.29, 1.82) is 0 Å². The van der Waals surface area contributed by atoms with Crippen molar-refractivity contribution in [3.05, 3.63) is 51.4 Å². The lowest BCUT2D eigenvalue weighted by Crippen LogP contribution is -2.21. The number of anilines is 1. The van der Waals surface area contributed by atoms with E-state index in [1.54, 1.807) is 12.1 Å². The van der Waals surface area contributed by atoms with Crippen molar-refractivity contribution in [2.75, 3.05) is 12.1 Å². The number of halogens is 1. The first-order chi connectivity index (χ1) is 9.65. The molecule has 0 atom stereocenters. The highest BCUT2D eigenvalue weighted by Gasteiger charge is 2.18. The molecule has 3 rings (SSSR count). The third kappa shape index (κ3) is 2.21. The van der Waals surface area contributed by atoms with Crippen LogP contribution in [-0.2, 0) is 0 Å². The van der Waals surface area contributed by atoms with Crippen molar-refractivity contribution in [2.24, 2.45) is 0 Å². The number of ether oxygens (including phenoxy) is 2. The maximum absolute atomic E-state index is 12.0. The molecule has 2 N–H and O–H groups in total. The Labute approximate surface area is 118 Å². The molecule has 0 bridgehead atoms. The summed E-state index contributed by atoms with van der Waals surface area (Å²) in [6.45, 7) is 0.113. The topological polar surface area (TPSA) is 80.4 Å². The van der Waals surface area contributed by atoms with E-state index in [1.165, 1.54) is 18.5 Å². The second-order valence-corrected chi connectivity index (χ2v) is 4.47. The average Bonchev–Trinajstić information content (AvgIpc) is 2.86. The van der Waals surface area contributed by atoms with Crippen molar-refractivity contribution in [3.8, 4) is 11.5 Å². The molecule has 6 nitrogen and oxygen atoms in total. The molecule has 1 aliphatic rings. The van der Waals surface area contributed by atoms with Crippen LogP contribution >= 0.6 is 11.6 Å². The molecule has 0 saturated carbocycles. The van der Waals surface area contributed by atoms with Crippen LogP contribution in [0.15, 0.2) is 35.4 Å². The highest BCUT2D eigenvalue weighted by Crippen LogP contribution is 2.39. The van der Waals surface area contributed by atoms with Crippen molar-refractivity contribution in [1.82, 2.24) is 4.98 Å². The molecule has 0 radical (unpaired) electrons. The van der Waals surface area contributed by atoms with Gasteiger partial charge in [-0.25, -0.2) is 0 Å². The Morgan fingerprint density at radius 1 is 1.30 bits per heavy atom. The molecule has 1 amide bonds. The molecule has 1 aromatic carbocycles. The van der Waals surface area contributed by atoms with Gasteiger partial charge in [0.2, 0.25) is 6.79 Å². The lowest BCUT2D eigenvalue weighted by molar-refractivity contribution is 0.102. The standard InChI is InChI=1S/C13H9ClN2O4/c14-8-3-11-12(20-6-19-11)4-9(8)16-13(18)7-5-15-2-1-10(7)17/h1-5H,6H2,(H,15,17)(H,16,18). The number of amides is 1. The largest absolute Gasteiger partial charge is 0.454 e. The van der Waals surface area contributed by atoms with Crippen LogP contribution in [0.3, 0.4) is 0 Å². The number of carbonyl (C=O) groups is 1. The minimum atomic E-state index is -0.549. The predicted molar refractivity (Wildman–Crippen MR) is 72.6 cm³/mol. The zero-order valence-electron chi connectivity index (χ0n) is 10.1. The van der Waals surface area contributed by atoms with Gasteiger partial charge in [0, 0.05) is 30.6 Å². The van der Waals surface area contributed by atoms with Crippen LogP contribution in [-0.4, -0.2) is 17.7 Å². The summed E-state index contributed by atoms with van der Waals surface area (Å²) in [4.78, 5) is 26.3. The number of rotatable bonds is 2. The molecular weight excluding hydrogens is 284 g/mol. The molecule has 7 heteroatoms. The van der Waals surface area contributed by atoms with Crippen LogP contribution in [0.1, 0.15) is 10.4 Å². The van der Waals surface area contributed by atoms with Gasteiger partial charge in [0.05, 0.1) is 10.7 Å². The van der Waals surface area contributed by atoms with E-state index in [1.807, 2.05) is 0 Å². The molecule has 0 saturated heterocycles. The Morgan fingerprint density at radius 2 is 2.05 bits per heavy atom.